The van der Waals surface area contributed by atoms with Crippen LogP contribution in [0.15, 0.2) is 34.0 Å². The molecule has 0 saturated heterocycles. The first-order chi connectivity index (χ1) is 6.16. The third-order valence-electron chi connectivity index (χ3n) is 1.78. The molecule has 0 saturated carbocycles. The normalized spacial score (nSPS) is 26.2. The van der Waals surface area contributed by atoms with Gasteiger partial charge in [0.15, 0.2) is 0 Å². The van der Waals surface area contributed by atoms with E-state index in [1.807, 2.05) is 0 Å². The van der Waals surface area contributed by atoms with E-state index in [1.165, 1.54) is 12.2 Å². The van der Waals surface area contributed by atoms with Gasteiger partial charge in [-0.2, -0.15) is 0 Å². The molecule has 13 heavy (non-hydrogen) atoms. The van der Waals surface area contributed by atoms with Gasteiger partial charge in [0.2, 0.25) is 5.29 Å². The standard InChI is InChI=1S/C8H5ClFN3/c9-8-12-6-3-4(10)1-2-5(6)7(11)13-8/h1-3,5,11H. The number of amidine groups is 2. The molecule has 1 atom stereocenters. The first-order valence-corrected chi connectivity index (χ1v) is 4.01. The molecule has 0 amide bonds. The van der Waals surface area contributed by atoms with Gasteiger partial charge in [-0.3, -0.25) is 5.41 Å². The Balaban J connectivity index is 2.46. The van der Waals surface area contributed by atoms with Crippen LogP contribution in [0.4, 0.5) is 4.39 Å². The largest absolute Gasteiger partial charge is 0.286 e. The second-order valence-corrected chi connectivity index (χ2v) is 3.01. The molecule has 1 heterocycles. The summed E-state index contributed by atoms with van der Waals surface area (Å²) >= 11 is 5.52. The van der Waals surface area contributed by atoms with E-state index in [-0.39, 0.29) is 22.9 Å². The Kier molecular flexibility index (Phi) is 1.84. The highest BCUT2D eigenvalue weighted by Crippen LogP contribution is 2.20. The highest BCUT2D eigenvalue weighted by Gasteiger charge is 2.24. The number of hydrogen-bond donors (Lipinski definition) is 1. The third-order valence-corrected chi connectivity index (χ3v) is 1.95. The van der Waals surface area contributed by atoms with Crippen LogP contribution in [0.3, 0.4) is 0 Å². The van der Waals surface area contributed by atoms with Crippen molar-refractivity contribution in [2.24, 2.45) is 15.9 Å². The lowest BCUT2D eigenvalue weighted by Crippen LogP contribution is -2.25. The minimum Gasteiger partial charge on any atom is -0.286 e. The van der Waals surface area contributed by atoms with Gasteiger partial charge in [-0.05, 0) is 23.8 Å². The Morgan fingerprint density at radius 2 is 2.23 bits per heavy atom. The van der Waals surface area contributed by atoms with Crippen molar-refractivity contribution >= 4 is 28.4 Å². The maximum atomic E-state index is 12.7. The van der Waals surface area contributed by atoms with Gasteiger partial charge in [-0.15, -0.1) is 0 Å². The highest BCUT2D eigenvalue weighted by atomic mass is 35.5. The van der Waals surface area contributed by atoms with Crippen LogP contribution < -0.4 is 0 Å². The van der Waals surface area contributed by atoms with Crippen LogP contribution in [-0.2, 0) is 0 Å². The number of allylic oxidation sites excluding steroid dienone is 3. The summed E-state index contributed by atoms with van der Waals surface area (Å²) in [4.78, 5) is 7.50. The number of hydrogen-bond acceptors (Lipinski definition) is 2. The van der Waals surface area contributed by atoms with Crippen molar-refractivity contribution in [2.45, 2.75) is 0 Å². The fourth-order valence-electron chi connectivity index (χ4n) is 1.20. The maximum absolute atomic E-state index is 12.7. The molecule has 0 spiro atoms. The smallest absolute Gasteiger partial charge is 0.224 e. The Bertz CT molecular complexity index is 392. The summed E-state index contributed by atoms with van der Waals surface area (Å²) < 4.78 is 12.7. The summed E-state index contributed by atoms with van der Waals surface area (Å²) in [5.41, 5.74) is 0.435. The van der Waals surface area contributed by atoms with Crippen molar-refractivity contribution in [2.75, 3.05) is 0 Å². The van der Waals surface area contributed by atoms with Crippen molar-refractivity contribution in [1.82, 2.24) is 0 Å². The minimum absolute atomic E-state index is 0.0180. The second-order valence-electron chi connectivity index (χ2n) is 2.67. The molecule has 66 valence electrons. The number of rotatable bonds is 0. The second kappa shape index (κ2) is 2.88. The maximum Gasteiger partial charge on any atom is 0.224 e. The highest BCUT2D eigenvalue weighted by molar-refractivity contribution is 6.67. The number of nitrogens with zero attached hydrogens (tertiary/aromatic N) is 2. The summed E-state index contributed by atoms with van der Waals surface area (Å²) in [6.07, 6.45) is 4.10. The van der Waals surface area contributed by atoms with Crippen LogP contribution in [0.1, 0.15) is 0 Å². The monoisotopic (exact) mass is 197 g/mol. The molecule has 1 N–H and O–H groups in total. The van der Waals surface area contributed by atoms with Gasteiger partial charge < -0.3 is 0 Å². The Morgan fingerprint density at radius 3 is 3.00 bits per heavy atom. The summed E-state index contributed by atoms with van der Waals surface area (Å²) in [6.45, 7) is 0. The van der Waals surface area contributed by atoms with E-state index in [2.05, 4.69) is 9.98 Å². The van der Waals surface area contributed by atoms with Crippen molar-refractivity contribution in [3.8, 4) is 0 Å². The van der Waals surface area contributed by atoms with E-state index in [1.54, 1.807) is 6.08 Å². The first kappa shape index (κ1) is 8.31. The molecule has 0 aromatic carbocycles. The molecule has 0 aromatic rings. The van der Waals surface area contributed by atoms with Crippen LogP contribution in [0, 0.1) is 11.3 Å². The lowest BCUT2D eigenvalue weighted by atomic mass is 9.96. The lowest BCUT2D eigenvalue weighted by molar-refractivity contribution is 0.664. The minimum atomic E-state index is -0.380. The molecule has 1 unspecified atom stereocenters. The van der Waals surface area contributed by atoms with Crippen LogP contribution in [0.2, 0.25) is 0 Å². The van der Waals surface area contributed by atoms with Gasteiger partial charge in [0.25, 0.3) is 0 Å². The summed E-state index contributed by atoms with van der Waals surface area (Å²) in [6, 6.07) is 0. The van der Waals surface area contributed by atoms with Crippen LogP contribution in [0.25, 0.3) is 0 Å². The van der Waals surface area contributed by atoms with Gasteiger partial charge in [0, 0.05) is 0 Å². The van der Waals surface area contributed by atoms with Gasteiger partial charge in [-0.1, -0.05) is 6.08 Å². The molecule has 0 radical (unpaired) electrons. The Labute approximate surface area is 78.8 Å². The van der Waals surface area contributed by atoms with Crippen molar-refractivity contribution in [3.05, 3.63) is 24.1 Å². The van der Waals surface area contributed by atoms with Crippen LogP contribution in [-0.4, -0.2) is 16.8 Å². The van der Waals surface area contributed by atoms with Crippen LogP contribution in [0.5, 0.6) is 0 Å². The molecule has 2 aliphatic rings. The van der Waals surface area contributed by atoms with Crippen molar-refractivity contribution < 1.29 is 4.39 Å². The molecule has 0 bridgehead atoms. The Morgan fingerprint density at radius 1 is 1.46 bits per heavy atom. The first-order valence-electron chi connectivity index (χ1n) is 3.63. The van der Waals surface area contributed by atoms with Gasteiger partial charge in [-0.25, -0.2) is 14.4 Å². The molecular weight excluding hydrogens is 193 g/mol. The predicted molar refractivity (Wildman–Crippen MR) is 50.3 cm³/mol. The number of nitrogens with one attached hydrogen (secondary N) is 1. The van der Waals surface area contributed by atoms with Gasteiger partial charge in [0.1, 0.15) is 11.7 Å². The number of halogens is 2. The van der Waals surface area contributed by atoms with Gasteiger partial charge in [0.05, 0.1) is 11.6 Å². The van der Waals surface area contributed by atoms with E-state index in [4.69, 9.17) is 17.0 Å². The molecule has 0 aromatic heterocycles. The Hall–Kier alpha value is -1.29. The predicted octanol–water partition coefficient (Wildman–Crippen LogP) is 2.05. The fourth-order valence-corrected chi connectivity index (χ4v) is 1.39. The molecular formula is C8H5ClFN3. The fraction of sp³-hybridized carbons (Fsp3) is 0.125. The third kappa shape index (κ3) is 1.45. The topological polar surface area (TPSA) is 48.6 Å². The molecule has 3 nitrogen and oxygen atoms in total. The molecule has 5 heteroatoms. The summed E-state index contributed by atoms with van der Waals surface area (Å²) in [5.74, 6) is -0.633. The van der Waals surface area contributed by atoms with Gasteiger partial charge >= 0.3 is 0 Å². The zero-order chi connectivity index (χ0) is 9.42. The molecule has 1 aliphatic heterocycles. The average Bonchev–Trinajstić information content (AvgIpc) is 2.02. The lowest BCUT2D eigenvalue weighted by Gasteiger charge is -2.17. The molecule has 1 aliphatic carbocycles. The summed E-state index contributed by atoms with van der Waals surface area (Å²) in [7, 11) is 0. The van der Waals surface area contributed by atoms with Crippen molar-refractivity contribution in [3.63, 3.8) is 0 Å². The van der Waals surface area contributed by atoms with E-state index in [0.29, 0.717) is 5.71 Å². The average molecular weight is 198 g/mol. The van der Waals surface area contributed by atoms with E-state index in [0.717, 1.165) is 0 Å². The summed E-state index contributed by atoms with van der Waals surface area (Å²) in [5, 5.41) is 7.44. The van der Waals surface area contributed by atoms with Crippen LogP contribution >= 0.6 is 11.6 Å². The zero-order valence-electron chi connectivity index (χ0n) is 6.46. The quantitative estimate of drug-likeness (QED) is 0.578. The number of fused-ring (bicyclic) bond motifs is 1. The van der Waals surface area contributed by atoms with E-state index in [9.17, 15) is 4.39 Å². The number of aliphatic imine (C=N–C) groups is 2. The molecule has 2 rings (SSSR count). The molecule has 0 fully saturated rings. The van der Waals surface area contributed by atoms with E-state index >= 15 is 0 Å². The zero-order valence-corrected chi connectivity index (χ0v) is 7.22. The van der Waals surface area contributed by atoms with E-state index < -0.39 is 0 Å². The SMILES string of the molecule is N=C1N=C(Cl)N=C2C=C(F)C=CC12. The van der Waals surface area contributed by atoms with Crippen molar-refractivity contribution in [1.29, 1.82) is 5.41 Å².